The molecule has 4 saturated carbocycles. The van der Waals surface area contributed by atoms with Crippen molar-refractivity contribution in [3.05, 3.63) is 28.2 Å². The molecule has 1 aromatic rings. The molecule has 1 N–H and O–H groups in total. The van der Waals surface area contributed by atoms with Crippen molar-refractivity contribution >= 4 is 46.2 Å². The minimum Gasteiger partial charge on any atom is -0.346 e. The van der Waals surface area contributed by atoms with E-state index in [1.54, 1.807) is 6.07 Å². The highest BCUT2D eigenvalue weighted by molar-refractivity contribution is 7.80. The Kier molecular flexibility index (Phi) is 5.04. The monoisotopic (exact) mass is 423 g/mol. The smallest absolute Gasteiger partial charge is 0.173 e. The van der Waals surface area contributed by atoms with E-state index in [2.05, 4.69) is 15.1 Å². The number of hydrogen-bond acceptors (Lipinski definition) is 2. The van der Waals surface area contributed by atoms with Crippen LogP contribution in [0, 0.1) is 23.7 Å². The predicted octanol–water partition coefficient (Wildman–Crippen LogP) is 5.13. The SMILES string of the molecule is S=C(Nc1ccc(Cl)cc1Cl)N1CCN(C2C3CC4CC(C3)CC2C4)CC1. The van der Waals surface area contributed by atoms with Crippen LogP contribution < -0.4 is 5.32 Å². The van der Waals surface area contributed by atoms with Crippen molar-refractivity contribution in [2.75, 3.05) is 31.5 Å². The van der Waals surface area contributed by atoms with Crippen LogP contribution in [0.15, 0.2) is 18.2 Å². The van der Waals surface area contributed by atoms with E-state index in [-0.39, 0.29) is 0 Å². The summed E-state index contributed by atoms with van der Waals surface area (Å²) >= 11 is 17.9. The second-order valence-electron chi connectivity index (χ2n) is 9.00. The third kappa shape index (κ3) is 3.59. The lowest BCUT2D eigenvalue weighted by molar-refractivity contribution is -0.0726. The molecule has 6 heteroatoms. The topological polar surface area (TPSA) is 18.5 Å². The van der Waals surface area contributed by atoms with Crippen LogP contribution in [0.5, 0.6) is 0 Å². The van der Waals surface area contributed by atoms with Crippen LogP contribution in [-0.2, 0) is 0 Å². The maximum Gasteiger partial charge on any atom is 0.173 e. The number of halogens is 2. The van der Waals surface area contributed by atoms with Gasteiger partial charge in [0.2, 0.25) is 0 Å². The first-order chi connectivity index (χ1) is 13.1. The average molecular weight is 424 g/mol. The second kappa shape index (κ2) is 7.37. The molecule has 0 unspecified atom stereocenters. The molecule has 5 aliphatic rings. The van der Waals surface area contributed by atoms with Crippen LogP contribution in [0.1, 0.15) is 32.1 Å². The first-order valence-corrected chi connectivity index (χ1v) is 11.5. The first-order valence-electron chi connectivity index (χ1n) is 10.3. The lowest BCUT2D eigenvalue weighted by Gasteiger charge is -2.58. The van der Waals surface area contributed by atoms with Gasteiger partial charge in [0.25, 0.3) is 0 Å². The molecule has 1 aromatic carbocycles. The summed E-state index contributed by atoms with van der Waals surface area (Å²) < 4.78 is 0. The van der Waals surface area contributed by atoms with Crippen molar-refractivity contribution in [3.63, 3.8) is 0 Å². The molecular formula is C21H27Cl2N3S. The largest absolute Gasteiger partial charge is 0.346 e. The molecule has 1 aliphatic heterocycles. The standard InChI is InChI=1S/C21H27Cl2N3S/c22-17-1-2-19(18(23)12-17)24-21(27)26-5-3-25(4-6-26)20-15-8-13-7-14(10-15)11-16(20)9-13/h1-2,12-16,20H,3-11H2,(H,24,27). The zero-order chi connectivity index (χ0) is 18.5. The highest BCUT2D eigenvalue weighted by Gasteiger charge is 2.50. The van der Waals surface area contributed by atoms with E-state index < -0.39 is 0 Å². The van der Waals surface area contributed by atoms with Crippen molar-refractivity contribution in [3.8, 4) is 0 Å². The Morgan fingerprint density at radius 1 is 0.926 bits per heavy atom. The third-order valence-corrected chi connectivity index (χ3v) is 8.28. The second-order valence-corrected chi connectivity index (χ2v) is 10.2. The van der Waals surface area contributed by atoms with Gasteiger partial charge in [-0.2, -0.15) is 0 Å². The number of piperazine rings is 1. The van der Waals surface area contributed by atoms with Gasteiger partial charge in [0.1, 0.15) is 0 Å². The summed E-state index contributed by atoms with van der Waals surface area (Å²) in [5.41, 5.74) is 0.828. The Labute approximate surface area is 177 Å². The van der Waals surface area contributed by atoms with Gasteiger partial charge < -0.3 is 10.2 Å². The third-order valence-electron chi connectivity index (χ3n) is 7.37. The molecule has 27 heavy (non-hydrogen) atoms. The Balaban J connectivity index is 1.19. The lowest BCUT2D eigenvalue weighted by Crippen LogP contribution is -2.60. The highest BCUT2D eigenvalue weighted by atomic mass is 35.5. The molecule has 1 saturated heterocycles. The van der Waals surface area contributed by atoms with Gasteiger partial charge in [0.15, 0.2) is 5.11 Å². The molecular weight excluding hydrogens is 397 g/mol. The summed E-state index contributed by atoms with van der Waals surface area (Å²) in [5, 5.41) is 5.32. The lowest BCUT2D eigenvalue weighted by atomic mass is 9.54. The van der Waals surface area contributed by atoms with Gasteiger partial charge in [0, 0.05) is 37.2 Å². The molecule has 146 valence electrons. The van der Waals surface area contributed by atoms with Gasteiger partial charge in [0.05, 0.1) is 10.7 Å². The Hall–Kier alpha value is -0.550. The zero-order valence-corrected chi connectivity index (χ0v) is 17.9. The molecule has 0 spiro atoms. The van der Waals surface area contributed by atoms with Gasteiger partial charge in [-0.25, -0.2) is 0 Å². The quantitative estimate of drug-likeness (QED) is 0.663. The number of anilines is 1. The molecule has 3 nitrogen and oxygen atoms in total. The van der Waals surface area contributed by atoms with Gasteiger partial charge in [-0.3, -0.25) is 4.90 Å². The van der Waals surface area contributed by atoms with Gasteiger partial charge in [-0.1, -0.05) is 23.2 Å². The number of benzene rings is 1. The van der Waals surface area contributed by atoms with E-state index in [1.165, 1.54) is 32.1 Å². The van der Waals surface area contributed by atoms with E-state index >= 15 is 0 Å². The minimum atomic E-state index is 0.608. The van der Waals surface area contributed by atoms with Crippen molar-refractivity contribution in [1.29, 1.82) is 0 Å². The summed E-state index contributed by atoms with van der Waals surface area (Å²) in [6.45, 7) is 4.26. The molecule has 0 atom stereocenters. The average Bonchev–Trinajstić information content (AvgIpc) is 2.63. The summed E-state index contributed by atoms with van der Waals surface area (Å²) in [6, 6.07) is 6.32. The zero-order valence-electron chi connectivity index (χ0n) is 15.5. The van der Waals surface area contributed by atoms with Crippen LogP contribution in [-0.4, -0.2) is 47.1 Å². The maximum atomic E-state index is 6.27. The van der Waals surface area contributed by atoms with E-state index in [0.29, 0.717) is 10.0 Å². The van der Waals surface area contributed by atoms with Crippen molar-refractivity contribution in [2.24, 2.45) is 23.7 Å². The molecule has 6 rings (SSSR count). The number of thiocarbonyl (C=S) groups is 1. The molecule has 4 aliphatic carbocycles. The molecule has 0 aromatic heterocycles. The van der Waals surface area contributed by atoms with E-state index in [1.807, 2.05) is 12.1 Å². The van der Waals surface area contributed by atoms with Gasteiger partial charge >= 0.3 is 0 Å². The number of rotatable bonds is 2. The van der Waals surface area contributed by atoms with Crippen LogP contribution in [0.2, 0.25) is 10.0 Å². The summed E-state index contributed by atoms with van der Waals surface area (Å²) in [4.78, 5) is 5.08. The Morgan fingerprint density at radius 2 is 1.56 bits per heavy atom. The Bertz CT molecular complexity index is 704. The van der Waals surface area contributed by atoms with Gasteiger partial charge in [-0.05, 0) is 86.2 Å². The maximum absolute atomic E-state index is 6.27. The van der Waals surface area contributed by atoms with E-state index in [4.69, 9.17) is 35.4 Å². The van der Waals surface area contributed by atoms with Crippen molar-refractivity contribution in [2.45, 2.75) is 38.1 Å². The van der Waals surface area contributed by atoms with Crippen LogP contribution >= 0.6 is 35.4 Å². The molecule has 1 heterocycles. The van der Waals surface area contributed by atoms with Crippen LogP contribution in [0.3, 0.4) is 0 Å². The molecule has 4 bridgehead atoms. The van der Waals surface area contributed by atoms with Crippen LogP contribution in [0.25, 0.3) is 0 Å². The normalized spacial score (nSPS) is 35.5. The van der Waals surface area contributed by atoms with Gasteiger partial charge in [-0.15, -0.1) is 0 Å². The van der Waals surface area contributed by atoms with E-state index in [9.17, 15) is 0 Å². The number of nitrogens with zero attached hydrogens (tertiary/aromatic N) is 2. The summed E-state index contributed by atoms with van der Waals surface area (Å²) in [5.74, 6) is 4.02. The molecule has 0 radical (unpaired) electrons. The summed E-state index contributed by atoms with van der Waals surface area (Å²) in [7, 11) is 0. The van der Waals surface area contributed by atoms with E-state index in [0.717, 1.165) is 66.7 Å². The fraction of sp³-hybridized carbons (Fsp3) is 0.667. The van der Waals surface area contributed by atoms with Crippen molar-refractivity contribution in [1.82, 2.24) is 9.80 Å². The fourth-order valence-corrected chi connectivity index (χ4v) is 7.25. The van der Waals surface area contributed by atoms with Crippen molar-refractivity contribution < 1.29 is 0 Å². The summed E-state index contributed by atoms with van der Waals surface area (Å²) in [6.07, 6.45) is 7.50. The minimum absolute atomic E-state index is 0.608. The molecule has 0 amide bonds. The van der Waals surface area contributed by atoms with Crippen LogP contribution in [0.4, 0.5) is 5.69 Å². The number of nitrogens with one attached hydrogen (secondary N) is 1. The first kappa shape index (κ1) is 18.5. The predicted molar refractivity (Wildman–Crippen MR) is 117 cm³/mol. The fourth-order valence-electron chi connectivity index (χ4n) is 6.50. The Morgan fingerprint density at radius 3 is 2.15 bits per heavy atom. The molecule has 5 fully saturated rings. The highest BCUT2D eigenvalue weighted by Crippen LogP contribution is 2.55. The number of hydrogen-bond donors (Lipinski definition) is 1.